The summed E-state index contributed by atoms with van der Waals surface area (Å²) < 4.78 is 18.7. The number of nitrogens with zero attached hydrogens (tertiary/aromatic N) is 4. The van der Waals surface area contributed by atoms with Crippen molar-refractivity contribution in [2.24, 2.45) is 0 Å². The maximum absolute atomic E-state index is 12.7. The van der Waals surface area contributed by atoms with E-state index < -0.39 is 0 Å². The van der Waals surface area contributed by atoms with Gasteiger partial charge in [-0.05, 0) is 66.2 Å². The van der Waals surface area contributed by atoms with Gasteiger partial charge in [-0.1, -0.05) is 47.6 Å². The molecule has 5 rings (SSSR count). The number of methoxy groups -OCH3 is 2. The number of aromatic nitrogens is 4. The van der Waals surface area contributed by atoms with Crippen LogP contribution in [0.3, 0.4) is 0 Å². The van der Waals surface area contributed by atoms with Crippen molar-refractivity contribution in [3.05, 3.63) is 108 Å². The van der Waals surface area contributed by atoms with Crippen LogP contribution in [0, 0.1) is 0 Å². The SMILES string of the molecule is COc1ccc(Cc2nnc(SCC(=O)Nc3ccc(Cl)cn3)n2-c2ccc(Oc3ccccc3)cc2)cc1OC. The summed E-state index contributed by atoms with van der Waals surface area (Å²) in [4.78, 5) is 16.8. The minimum absolute atomic E-state index is 0.105. The highest BCUT2D eigenvalue weighted by atomic mass is 35.5. The summed E-state index contributed by atoms with van der Waals surface area (Å²) in [5.41, 5.74) is 1.79. The third-order valence-electron chi connectivity index (χ3n) is 5.91. The minimum Gasteiger partial charge on any atom is -0.493 e. The van der Waals surface area contributed by atoms with E-state index >= 15 is 0 Å². The third-order valence-corrected chi connectivity index (χ3v) is 7.06. The molecule has 208 valence electrons. The van der Waals surface area contributed by atoms with Gasteiger partial charge in [0.15, 0.2) is 16.7 Å². The molecule has 0 unspecified atom stereocenters. The zero-order valence-corrected chi connectivity index (χ0v) is 23.9. The molecule has 0 fully saturated rings. The fourth-order valence-electron chi connectivity index (χ4n) is 3.99. The van der Waals surface area contributed by atoms with Gasteiger partial charge in [-0.3, -0.25) is 9.36 Å². The number of thioether (sulfide) groups is 1. The van der Waals surface area contributed by atoms with Crippen molar-refractivity contribution in [3.63, 3.8) is 0 Å². The molecule has 2 aromatic heterocycles. The van der Waals surface area contributed by atoms with E-state index in [-0.39, 0.29) is 11.7 Å². The molecule has 0 atom stereocenters. The molecule has 0 saturated heterocycles. The second kappa shape index (κ2) is 13.2. The molecular weight excluding hydrogens is 562 g/mol. The Labute approximate surface area is 246 Å². The van der Waals surface area contributed by atoms with E-state index in [1.165, 1.54) is 18.0 Å². The molecule has 5 aromatic rings. The van der Waals surface area contributed by atoms with E-state index in [2.05, 4.69) is 20.5 Å². The molecule has 0 aliphatic carbocycles. The van der Waals surface area contributed by atoms with Crippen LogP contribution in [0.25, 0.3) is 5.69 Å². The lowest BCUT2D eigenvalue weighted by Crippen LogP contribution is -2.15. The summed E-state index contributed by atoms with van der Waals surface area (Å²) in [5.74, 6) is 3.70. The van der Waals surface area contributed by atoms with Crippen LogP contribution >= 0.6 is 23.4 Å². The molecule has 1 N–H and O–H groups in total. The smallest absolute Gasteiger partial charge is 0.236 e. The van der Waals surface area contributed by atoms with Crippen LogP contribution in [-0.2, 0) is 11.2 Å². The molecule has 3 aromatic carbocycles. The highest BCUT2D eigenvalue weighted by molar-refractivity contribution is 7.99. The van der Waals surface area contributed by atoms with Gasteiger partial charge in [-0.15, -0.1) is 10.2 Å². The number of halogens is 1. The minimum atomic E-state index is -0.229. The average molecular weight is 588 g/mol. The lowest BCUT2D eigenvalue weighted by Gasteiger charge is -2.13. The Balaban J connectivity index is 1.39. The van der Waals surface area contributed by atoms with E-state index in [0.29, 0.717) is 45.5 Å². The summed E-state index contributed by atoms with van der Waals surface area (Å²) in [6, 6.07) is 26.2. The third kappa shape index (κ3) is 7.16. The quantitative estimate of drug-likeness (QED) is 0.176. The Morgan fingerprint density at radius 1 is 0.902 bits per heavy atom. The Kier molecular flexibility index (Phi) is 9.02. The summed E-state index contributed by atoms with van der Waals surface area (Å²) in [6.07, 6.45) is 1.95. The Morgan fingerprint density at radius 3 is 2.37 bits per heavy atom. The van der Waals surface area contributed by atoms with Gasteiger partial charge in [0.1, 0.15) is 23.1 Å². The lowest BCUT2D eigenvalue weighted by atomic mass is 10.1. The first-order valence-electron chi connectivity index (χ1n) is 12.5. The van der Waals surface area contributed by atoms with Crippen molar-refractivity contribution in [1.29, 1.82) is 0 Å². The molecule has 2 heterocycles. The van der Waals surface area contributed by atoms with Gasteiger partial charge in [0.05, 0.1) is 25.0 Å². The van der Waals surface area contributed by atoms with E-state index in [0.717, 1.165) is 17.0 Å². The number of ether oxygens (including phenoxy) is 3. The van der Waals surface area contributed by atoms with Crippen LogP contribution in [-0.4, -0.2) is 45.6 Å². The van der Waals surface area contributed by atoms with Crippen molar-refractivity contribution in [2.45, 2.75) is 11.6 Å². The summed E-state index contributed by atoms with van der Waals surface area (Å²) in [6.45, 7) is 0. The number of amides is 1. The van der Waals surface area contributed by atoms with Crippen LogP contribution < -0.4 is 19.5 Å². The number of hydrogen-bond donors (Lipinski definition) is 1. The molecule has 41 heavy (non-hydrogen) atoms. The molecule has 9 nitrogen and oxygen atoms in total. The van der Waals surface area contributed by atoms with Crippen LogP contribution in [0.5, 0.6) is 23.0 Å². The fraction of sp³-hybridized carbons (Fsp3) is 0.133. The van der Waals surface area contributed by atoms with E-state index in [9.17, 15) is 4.79 Å². The van der Waals surface area contributed by atoms with E-state index in [1.807, 2.05) is 77.4 Å². The lowest BCUT2D eigenvalue weighted by molar-refractivity contribution is -0.113. The normalized spacial score (nSPS) is 10.7. The molecule has 0 aliphatic heterocycles. The van der Waals surface area contributed by atoms with Gasteiger partial charge in [-0.2, -0.15) is 0 Å². The summed E-state index contributed by atoms with van der Waals surface area (Å²) in [7, 11) is 3.20. The number of hydrogen-bond acceptors (Lipinski definition) is 8. The number of benzene rings is 3. The average Bonchev–Trinajstić information content (AvgIpc) is 3.40. The number of pyridine rings is 1. The Bertz CT molecular complexity index is 1610. The van der Waals surface area contributed by atoms with E-state index in [1.54, 1.807) is 26.4 Å². The maximum atomic E-state index is 12.7. The van der Waals surface area contributed by atoms with Gasteiger partial charge < -0.3 is 19.5 Å². The van der Waals surface area contributed by atoms with Gasteiger partial charge in [0.25, 0.3) is 0 Å². The van der Waals surface area contributed by atoms with Crippen molar-refractivity contribution in [1.82, 2.24) is 19.7 Å². The predicted octanol–water partition coefficient (Wildman–Crippen LogP) is 6.45. The van der Waals surface area contributed by atoms with Gasteiger partial charge in [-0.25, -0.2) is 4.98 Å². The van der Waals surface area contributed by atoms with Gasteiger partial charge >= 0.3 is 0 Å². The number of nitrogens with one attached hydrogen (secondary N) is 1. The van der Waals surface area contributed by atoms with Gasteiger partial charge in [0.2, 0.25) is 5.91 Å². The first-order chi connectivity index (χ1) is 20.0. The summed E-state index contributed by atoms with van der Waals surface area (Å²) >= 11 is 7.16. The van der Waals surface area contributed by atoms with E-state index in [4.69, 9.17) is 25.8 Å². The van der Waals surface area contributed by atoms with Crippen molar-refractivity contribution >= 4 is 35.1 Å². The Morgan fingerprint density at radius 2 is 1.66 bits per heavy atom. The van der Waals surface area contributed by atoms with Gasteiger partial charge in [0, 0.05) is 18.3 Å². The fourth-order valence-corrected chi connectivity index (χ4v) is 4.87. The first-order valence-corrected chi connectivity index (χ1v) is 13.9. The highest BCUT2D eigenvalue weighted by Crippen LogP contribution is 2.30. The maximum Gasteiger partial charge on any atom is 0.236 e. The number of rotatable bonds is 11. The van der Waals surface area contributed by atoms with Crippen LogP contribution in [0.1, 0.15) is 11.4 Å². The number of anilines is 1. The largest absolute Gasteiger partial charge is 0.493 e. The number of carbonyl (C=O) groups is 1. The van der Waals surface area contributed by atoms with Crippen LogP contribution in [0.4, 0.5) is 5.82 Å². The molecule has 0 radical (unpaired) electrons. The predicted molar refractivity (Wildman–Crippen MR) is 159 cm³/mol. The molecule has 1 amide bonds. The Hall–Kier alpha value is -4.54. The topological polar surface area (TPSA) is 100 Å². The first kappa shape index (κ1) is 28.0. The second-order valence-corrected chi connectivity index (χ2v) is 10.1. The van der Waals surface area contributed by atoms with Crippen molar-refractivity contribution in [2.75, 3.05) is 25.3 Å². The standard InChI is InChI=1S/C30H26ClN5O4S/c1-38-25-14-8-20(16-26(25)39-2)17-28-34-35-30(41-19-29(37)33-27-15-9-21(31)18-32-27)36(28)22-10-12-24(13-11-22)40-23-6-4-3-5-7-23/h3-16,18H,17,19H2,1-2H3,(H,32,33,37). The molecule has 0 spiro atoms. The van der Waals surface area contributed by atoms with Crippen LogP contribution in [0.15, 0.2) is 96.3 Å². The molecular formula is C30H26ClN5O4S. The number of carbonyl (C=O) groups excluding carboxylic acids is 1. The zero-order chi connectivity index (χ0) is 28.6. The van der Waals surface area contributed by atoms with Crippen molar-refractivity contribution in [3.8, 4) is 28.7 Å². The second-order valence-electron chi connectivity index (χ2n) is 8.71. The molecule has 0 bridgehead atoms. The van der Waals surface area contributed by atoms with Crippen LogP contribution in [0.2, 0.25) is 5.02 Å². The monoisotopic (exact) mass is 587 g/mol. The molecule has 11 heteroatoms. The molecule has 0 saturated carbocycles. The van der Waals surface area contributed by atoms with Crippen molar-refractivity contribution < 1.29 is 19.0 Å². The highest BCUT2D eigenvalue weighted by Gasteiger charge is 2.18. The molecule has 0 aliphatic rings. The summed E-state index contributed by atoms with van der Waals surface area (Å²) in [5, 5.41) is 12.7. The zero-order valence-electron chi connectivity index (χ0n) is 22.3. The number of para-hydroxylation sites is 1.